The Morgan fingerprint density at radius 1 is 1.06 bits per heavy atom. The first-order valence-corrected chi connectivity index (χ1v) is 5.65. The third kappa shape index (κ3) is 2.91. The molecular formula is C14H14FNO2. The van der Waals surface area contributed by atoms with Crippen LogP contribution in [0.5, 0.6) is 17.2 Å². The monoisotopic (exact) mass is 247 g/mol. The number of rotatable bonds is 4. The quantitative estimate of drug-likeness (QED) is 0.839. The maximum Gasteiger partial charge on any atom is 0.167 e. The van der Waals surface area contributed by atoms with E-state index >= 15 is 0 Å². The number of hydrogen-bond acceptors (Lipinski definition) is 3. The summed E-state index contributed by atoms with van der Waals surface area (Å²) in [5.74, 6) is 0.960. The number of halogens is 1. The average Bonchev–Trinajstić information content (AvgIpc) is 2.35. The first kappa shape index (κ1) is 12.2. The van der Waals surface area contributed by atoms with Crippen LogP contribution in [0.25, 0.3) is 0 Å². The van der Waals surface area contributed by atoms with Crippen molar-refractivity contribution in [3.05, 3.63) is 48.3 Å². The van der Waals surface area contributed by atoms with E-state index in [1.54, 1.807) is 30.3 Å². The van der Waals surface area contributed by atoms with Crippen molar-refractivity contribution >= 4 is 5.69 Å². The molecule has 0 saturated heterocycles. The number of anilines is 1. The molecule has 0 aliphatic carbocycles. The molecule has 0 aliphatic heterocycles. The van der Waals surface area contributed by atoms with Crippen LogP contribution in [0, 0.1) is 5.82 Å². The number of nitrogens with two attached hydrogens (primary N) is 1. The third-order valence-corrected chi connectivity index (χ3v) is 2.32. The molecule has 4 heteroatoms. The standard InChI is InChI=1S/C14H14FNO2/c1-2-17-11-4-6-12(7-5-11)18-14-8-3-10(16)9-13(14)15/h3-9H,2,16H2,1H3. The molecule has 0 atom stereocenters. The zero-order chi connectivity index (χ0) is 13.0. The van der Waals surface area contributed by atoms with Crippen LogP contribution < -0.4 is 15.2 Å². The highest BCUT2D eigenvalue weighted by Gasteiger charge is 2.05. The Labute approximate surface area is 105 Å². The van der Waals surface area contributed by atoms with E-state index in [-0.39, 0.29) is 5.75 Å². The first-order valence-electron chi connectivity index (χ1n) is 5.65. The SMILES string of the molecule is CCOc1ccc(Oc2ccc(N)cc2F)cc1. The molecule has 0 aliphatic rings. The molecule has 3 nitrogen and oxygen atoms in total. The van der Waals surface area contributed by atoms with Gasteiger partial charge in [-0.2, -0.15) is 0 Å². The number of ether oxygens (including phenoxy) is 2. The molecule has 0 bridgehead atoms. The molecule has 0 unspecified atom stereocenters. The minimum absolute atomic E-state index is 0.147. The van der Waals surface area contributed by atoms with Gasteiger partial charge in [0, 0.05) is 11.8 Å². The second-order valence-electron chi connectivity index (χ2n) is 3.70. The summed E-state index contributed by atoms with van der Waals surface area (Å²) >= 11 is 0. The van der Waals surface area contributed by atoms with E-state index in [0.717, 1.165) is 5.75 Å². The Morgan fingerprint density at radius 2 is 1.72 bits per heavy atom. The van der Waals surface area contributed by atoms with Gasteiger partial charge >= 0.3 is 0 Å². The molecule has 2 aromatic carbocycles. The minimum atomic E-state index is -0.483. The van der Waals surface area contributed by atoms with Gasteiger partial charge in [0.2, 0.25) is 0 Å². The summed E-state index contributed by atoms with van der Waals surface area (Å²) in [7, 11) is 0. The Morgan fingerprint density at radius 3 is 2.33 bits per heavy atom. The molecule has 0 aromatic heterocycles. The topological polar surface area (TPSA) is 44.5 Å². The van der Waals surface area contributed by atoms with Crippen molar-refractivity contribution in [2.75, 3.05) is 12.3 Å². The van der Waals surface area contributed by atoms with E-state index in [1.807, 2.05) is 6.92 Å². The molecule has 0 spiro atoms. The Bertz CT molecular complexity index is 526. The molecule has 0 saturated carbocycles. The zero-order valence-corrected chi connectivity index (χ0v) is 10.0. The lowest BCUT2D eigenvalue weighted by atomic mass is 10.3. The van der Waals surface area contributed by atoms with Crippen molar-refractivity contribution < 1.29 is 13.9 Å². The van der Waals surface area contributed by atoms with Crippen molar-refractivity contribution in [2.24, 2.45) is 0 Å². The van der Waals surface area contributed by atoms with E-state index in [1.165, 1.54) is 12.1 Å². The molecule has 18 heavy (non-hydrogen) atoms. The van der Waals surface area contributed by atoms with Crippen LogP contribution >= 0.6 is 0 Å². The maximum absolute atomic E-state index is 13.5. The van der Waals surface area contributed by atoms with Gasteiger partial charge in [0.15, 0.2) is 11.6 Å². The fourth-order valence-corrected chi connectivity index (χ4v) is 1.50. The minimum Gasteiger partial charge on any atom is -0.494 e. The molecular weight excluding hydrogens is 233 g/mol. The fourth-order valence-electron chi connectivity index (χ4n) is 1.50. The Kier molecular flexibility index (Phi) is 3.67. The van der Waals surface area contributed by atoms with E-state index in [9.17, 15) is 4.39 Å². The molecule has 0 amide bonds. The third-order valence-electron chi connectivity index (χ3n) is 2.32. The molecule has 94 valence electrons. The number of benzene rings is 2. The van der Waals surface area contributed by atoms with E-state index < -0.39 is 5.82 Å². The summed E-state index contributed by atoms with van der Waals surface area (Å²) < 4.78 is 24.2. The smallest absolute Gasteiger partial charge is 0.167 e. The van der Waals surface area contributed by atoms with Crippen LogP contribution in [0.2, 0.25) is 0 Å². The van der Waals surface area contributed by atoms with E-state index in [4.69, 9.17) is 15.2 Å². The van der Waals surface area contributed by atoms with Crippen LogP contribution in [0.3, 0.4) is 0 Å². The van der Waals surface area contributed by atoms with Crippen molar-refractivity contribution in [2.45, 2.75) is 6.92 Å². The lowest BCUT2D eigenvalue weighted by Gasteiger charge is -2.08. The second kappa shape index (κ2) is 5.40. The van der Waals surface area contributed by atoms with Gasteiger partial charge < -0.3 is 15.2 Å². The molecule has 2 rings (SSSR count). The Balaban J connectivity index is 2.13. The normalized spacial score (nSPS) is 10.1. The highest BCUT2D eigenvalue weighted by atomic mass is 19.1. The van der Waals surface area contributed by atoms with Gasteiger partial charge in [-0.1, -0.05) is 0 Å². The summed E-state index contributed by atoms with van der Waals surface area (Å²) in [6, 6.07) is 11.3. The van der Waals surface area contributed by atoms with E-state index in [0.29, 0.717) is 18.0 Å². The lowest BCUT2D eigenvalue weighted by Crippen LogP contribution is -1.93. The highest BCUT2D eigenvalue weighted by Crippen LogP contribution is 2.27. The van der Waals surface area contributed by atoms with Crippen molar-refractivity contribution in [1.29, 1.82) is 0 Å². The Hall–Kier alpha value is -2.23. The molecule has 2 N–H and O–H groups in total. The lowest BCUT2D eigenvalue weighted by molar-refractivity contribution is 0.339. The zero-order valence-electron chi connectivity index (χ0n) is 10.0. The van der Waals surface area contributed by atoms with Crippen molar-refractivity contribution in [1.82, 2.24) is 0 Å². The average molecular weight is 247 g/mol. The first-order chi connectivity index (χ1) is 8.69. The van der Waals surface area contributed by atoms with Crippen LogP contribution in [0.1, 0.15) is 6.92 Å². The van der Waals surface area contributed by atoms with Crippen LogP contribution in [0.15, 0.2) is 42.5 Å². The predicted octanol–water partition coefficient (Wildman–Crippen LogP) is 3.60. The second-order valence-corrected chi connectivity index (χ2v) is 3.70. The van der Waals surface area contributed by atoms with Crippen LogP contribution in [-0.2, 0) is 0 Å². The summed E-state index contributed by atoms with van der Waals surface area (Å²) in [6.07, 6.45) is 0. The van der Waals surface area contributed by atoms with Gasteiger partial charge in [-0.15, -0.1) is 0 Å². The fraction of sp³-hybridized carbons (Fsp3) is 0.143. The van der Waals surface area contributed by atoms with Gasteiger partial charge in [-0.05, 0) is 43.3 Å². The predicted molar refractivity (Wildman–Crippen MR) is 68.5 cm³/mol. The summed E-state index contributed by atoms with van der Waals surface area (Å²) in [6.45, 7) is 2.51. The van der Waals surface area contributed by atoms with Crippen molar-refractivity contribution in [3.63, 3.8) is 0 Å². The van der Waals surface area contributed by atoms with Gasteiger partial charge in [-0.3, -0.25) is 0 Å². The van der Waals surface area contributed by atoms with Gasteiger partial charge in [-0.25, -0.2) is 4.39 Å². The van der Waals surface area contributed by atoms with Gasteiger partial charge in [0.25, 0.3) is 0 Å². The van der Waals surface area contributed by atoms with Gasteiger partial charge in [0.1, 0.15) is 11.5 Å². The molecule has 0 radical (unpaired) electrons. The van der Waals surface area contributed by atoms with E-state index in [2.05, 4.69) is 0 Å². The highest BCUT2D eigenvalue weighted by molar-refractivity contribution is 5.44. The summed E-state index contributed by atoms with van der Waals surface area (Å²) in [5, 5.41) is 0. The number of hydrogen-bond donors (Lipinski definition) is 1. The van der Waals surface area contributed by atoms with Crippen LogP contribution in [0.4, 0.5) is 10.1 Å². The summed E-state index contributed by atoms with van der Waals surface area (Å²) in [5.41, 5.74) is 5.83. The molecule has 0 fully saturated rings. The van der Waals surface area contributed by atoms with Crippen molar-refractivity contribution in [3.8, 4) is 17.2 Å². The van der Waals surface area contributed by atoms with Crippen LogP contribution in [-0.4, -0.2) is 6.61 Å². The largest absolute Gasteiger partial charge is 0.494 e. The number of nitrogen functional groups attached to an aromatic ring is 1. The molecule has 2 aromatic rings. The molecule has 0 heterocycles. The maximum atomic E-state index is 13.5. The summed E-state index contributed by atoms with van der Waals surface area (Å²) in [4.78, 5) is 0. The van der Waals surface area contributed by atoms with Gasteiger partial charge in [0.05, 0.1) is 6.61 Å².